The number of nitrogens with zero attached hydrogens (tertiary/aromatic N) is 2. The fourth-order valence-electron chi connectivity index (χ4n) is 4.23. The Morgan fingerprint density at radius 1 is 0.944 bits per heavy atom. The maximum atomic E-state index is 12.9. The number of esters is 1. The average Bonchev–Trinajstić information content (AvgIpc) is 3.43. The van der Waals surface area contributed by atoms with Gasteiger partial charge in [-0.1, -0.05) is 60.2 Å². The van der Waals surface area contributed by atoms with Crippen LogP contribution < -0.4 is 5.32 Å². The molecule has 1 fully saturated rings. The van der Waals surface area contributed by atoms with Gasteiger partial charge < -0.3 is 19.4 Å². The molecule has 1 aliphatic rings. The van der Waals surface area contributed by atoms with Gasteiger partial charge in [0.05, 0.1) is 6.26 Å². The largest absolute Gasteiger partial charge is 0.459 e. The Balaban J connectivity index is 1.28. The first-order valence-corrected chi connectivity index (χ1v) is 12.1. The number of hydrogen-bond acceptors (Lipinski definition) is 6. The van der Waals surface area contributed by atoms with Crippen molar-refractivity contribution < 1.29 is 23.5 Å². The van der Waals surface area contributed by atoms with Crippen molar-refractivity contribution in [2.45, 2.75) is 25.9 Å². The lowest BCUT2D eigenvalue weighted by molar-refractivity contribution is -0.154. The minimum Gasteiger partial charge on any atom is -0.459 e. The van der Waals surface area contributed by atoms with Gasteiger partial charge in [0, 0.05) is 39.1 Å². The minimum atomic E-state index is -0.955. The molecular formula is C28H31N3O5. The van der Waals surface area contributed by atoms with E-state index in [1.54, 1.807) is 11.0 Å². The van der Waals surface area contributed by atoms with Crippen molar-refractivity contribution in [2.24, 2.45) is 0 Å². The second-order valence-corrected chi connectivity index (χ2v) is 8.95. The standard InChI is InChI=1S/C28H31N3O5/c1-21-7-5-10-23(17-21)19-30-12-14-31(15-13-30)26(32)20-36-28(34)24(18-22-8-3-2-4-9-22)29-27(33)25-11-6-16-35-25/h2-11,16-17,24H,12-15,18-20H2,1H3,(H,29,33). The highest BCUT2D eigenvalue weighted by Crippen LogP contribution is 2.11. The van der Waals surface area contributed by atoms with Crippen LogP contribution in [0.3, 0.4) is 0 Å². The second kappa shape index (κ2) is 12.2. The number of furan rings is 1. The van der Waals surface area contributed by atoms with Crippen molar-refractivity contribution in [2.75, 3.05) is 32.8 Å². The van der Waals surface area contributed by atoms with Crippen LogP contribution in [0.15, 0.2) is 77.4 Å². The maximum Gasteiger partial charge on any atom is 0.329 e. The minimum absolute atomic E-state index is 0.0977. The van der Waals surface area contributed by atoms with Crippen molar-refractivity contribution in [3.63, 3.8) is 0 Å². The summed E-state index contributed by atoms with van der Waals surface area (Å²) in [5.41, 5.74) is 3.34. The maximum absolute atomic E-state index is 12.9. The zero-order chi connectivity index (χ0) is 25.3. The lowest BCUT2D eigenvalue weighted by atomic mass is 10.1. The van der Waals surface area contributed by atoms with Crippen molar-refractivity contribution in [1.29, 1.82) is 0 Å². The highest BCUT2D eigenvalue weighted by Gasteiger charge is 2.27. The summed E-state index contributed by atoms with van der Waals surface area (Å²) in [6.07, 6.45) is 1.62. The van der Waals surface area contributed by atoms with E-state index in [-0.39, 0.29) is 24.7 Å². The number of nitrogens with one attached hydrogen (secondary N) is 1. The van der Waals surface area contributed by atoms with Gasteiger partial charge in [-0.25, -0.2) is 4.79 Å². The molecule has 8 heteroatoms. The number of piperazine rings is 1. The van der Waals surface area contributed by atoms with E-state index in [4.69, 9.17) is 9.15 Å². The summed E-state index contributed by atoms with van der Waals surface area (Å²) in [5.74, 6) is -1.33. The summed E-state index contributed by atoms with van der Waals surface area (Å²) >= 11 is 0. The number of carbonyl (C=O) groups is 3. The first-order chi connectivity index (χ1) is 17.5. The molecule has 3 aromatic rings. The van der Waals surface area contributed by atoms with Gasteiger partial charge in [-0.2, -0.15) is 0 Å². The second-order valence-electron chi connectivity index (χ2n) is 8.95. The fraction of sp³-hybridized carbons (Fsp3) is 0.321. The van der Waals surface area contributed by atoms with E-state index in [1.165, 1.54) is 23.5 Å². The molecule has 2 aromatic carbocycles. The highest BCUT2D eigenvalue weighted by atomic mass is 16.5. The predicted octanol–water partition coefficient (Wildman–Crippen LogP) is 2.82. The Kier molecular flexibility index (Phi) is 8.52. The molecule has 1 atom stereocenters. The highest BCUT2D eigenvalue weighted by molar-refractivity contribution is 5.94. The molecule has 1 unspecified atom stereocenters. The van der Waals surface area contributed by atoms with Gasteiger partial charge in [0.25, 0.3) is 11.8 Å². The molecule has 1 N–H and O–H groups in total. The Bertz CT molecular complexity index is 1150. The van der Waals surface area contributed by atoms with Crippen LogP contribution in [0.5, 0.6) is 0 Å². The predicted molar refractivity (Wildman–Crippen MR) is 134 cm³/mol. The Labute approximate surface area is 210 Å². The summed E-state index contributed by atoms with van der Waals surface area (Å²) in [5, 5.41) is 2.67. The lowest BCUT2D eigenvalue weighted by Gasteiger charge is -2.34. The summed E-state index contributed by atoms with van der Waals surface area (Å²) in [4.78, 5) is 42.1. The van der Waals surface area contributed by atoms with Crippen LogP contribution in [0, 0.1) is 6.92 Å². The van der Waals surface area contributed by atoms with Gasteiger partial charge >= 0.3 is 5.97 Å². The first-order valence-electron chi connectivity index (χ1n) is 12.1. The summed E-state index contributed by atoms with van der Waals surface area (Å²) in [6, 6.07) is 19.9. The van der Waals surface area contributed by atoms with Gasteiger partial charge in [-0.3, -0.25) is 14.5 Å². The van der Waals surface area contributed by atoms with Crippen molar-refractivity contribution >= 4 is 17.8 Å². The molecule has 0 saturated carbocycles. The molecule has 0 bridgehead atoms. The molecule has 1 aromatic heterocycles. The van der Waals surface area contributed by atoms with Crippen LogP contribution in [-0.4, -0.2) is 66.4 Å². The molecule has 1 aliphatic heterocycles. The number of amides is 2. The van der Waals surface area contributed by atoms with Crippen LogP contribution >= 0.6 is 0 Å². The smallest absolute Gasteiger partial charge is 0.329 e. The van der Waals surface area contributed by atoms with Crippen LogP contribution in [0.25, 0.3) is 0 Å². The third kappa shape index (κ3) is 7.05. The number of ether oxygens (including phenoxy) is 1. The molecular weight excluding hydrogens is 458 g/mol. The van der Waals surface area contributed by atoms with Gasteiger partial charge in [-0.05, 0) is 30.2 Å². The Morgan fingerprint density at radius 2 is 1.69 bits per heavy atom. The number of aryl methyl sites for hydroxylation is 1. The van der Waals surface area contributed by atoms with Gasteiger partial charge in [0.15, 0.2) is 12.4 Å². The fourth-order valence-corrected chi connectivity index (χ4v) is 4.23. The molecule has 0 spiro atoms. The van der Waals surface area contributed by atoms with E-state index in [0.29, 0.717) is 13.1 Å². The Morgan fingerprint density at radius 3 is 2.39 bits per heavy atom. The van der Waals surface area contributed by atoms with Crippen molar-refractivity contribution in [3.8, 4) is 0 Å². The SMILES string of the molecule is Cc1cccc(CN2CCN(C(=O)COC(=O)C(Cc3ccccc3)NC(=O)c3ccco3)CC2)c1. The molecule has 4 rings (SSSR count). The van der Waals surface area contributed by atoms with Crippen molar-refractivity contribution in [3.05, 3.63) is 95.4 Å². The molecule has 0 aliphatic carbocycles. The van der Waals surface area contributed by atoms with Gasteiger partial charge in [0.2, 0.25) is 0 Å². The summed E-state index contributed by atoms with van der Waals surface area (Å²) in [6.45, 7) is 5.21. The van der Waals surface area contributed by atoms with E-state index >= 15 is 0 Å². The first kappa shape index (κ1) is 25.2. The topological polar surface area (TPSA) is 92.1 Å². The molecule has 8 nitrogen and oxygen atoms in total. The van der Waals surface area contributed by atoms with Crippen molar-refractivity contribution in [1.82, 2.24) is 15.1 Å². The quantitative estimate of drug-likeness (QED) is 0.465. The third-order valence-electron chi connectivity index (χ3n) is 6.17. The molecule has 1 saturated heterocycles. The number of hydrogen-bond donors (Lipinski definition) is 1. The van der Waals surface area contributed by atoms with E-state index < -0.39 is 17.9 Å². The summed E-state index contributed by atoms with van der Waals surface area (Å²) < 4.78 is 10.5. The number of carbonyl (C=O) groups excluding carboxylic acids is 3. The van der Waals surface area contributed by atoms with E-state index in [0.717, 1.165) is 25.2 Å². The van der Waals surface area contributed by atoms with Crippen LogP contribution in [0.2, 0.25) is 0 Å². The molecule has 2 amide bonds. The zero-order valence-electron chi connectivity index (χ0n) is 20.4. The van der Waals surface area contributed by atoms with E-state index in [2.05, 4.69) is 41.4 Å². The molecule has 2 heterocycles. The number of benzene rings is 2. The zero-order valence-corrected chi connectivity index (χ0v) is 20.4. The number of rotatable bonds is 9. The third-order valence-corrected chi connectivity index (χ3v) is 6.17. The van der Waals surface area contributed by atoms with Gasteiger partial charge in [0.1, 0.15) is 6.04 Å². The van der Waals surface area contributed by atoms with Crippen LogP contribution in [-0.2, 0) is 27.3 Å². The molecule has 0 radical (unpaired) electrons. The van der Waals surface area contributed by atoms with Crippen LogP contribution in [0.4, 0.5) is 0 Å². The molecule has 188 valence electrons. The summed E-state index contributed by atoms with van der Waals surface area (Å²) in [7, 11) is 0. The van der Waals surface area contributed by atoms with E-state index in [1.807, 2.05) is 30.3 Å². The van der Waals surface area contributed by atoms with Gasteiger partial charge in [-0.15, -0.1) is 0 Å². The normalized spacial score (nSPS) is 14.8. The molecule has 36 heavy (non-hydrogen) atoms. The average molecular weight is 490 g/mol. The van der Waals surface area contributed by atoms with Crippen LogP contribution in [0.1, 0.15) is 27.2 Å². The Hall–Kier alpha value is -3.91. The van der Waals surface area contributed by atoms with E-state index in [9.17, 15) is 14.4 Å². The lowest BCUT2D eigenvalue weighted by Crippen LogP contribution is -2.50. The monoisotopic (exact) mass is 489 g/mol.